The van der Waals surface area contributed by atoms with Gasteiger partial charge in [-0.25, -0.2) is 17.9 Å². The average Bonchev–Trinajstić information content (AvgIpc) is 2.85. The van der Waals surface area contributed by atoms with Crippen LogP contribution in [0.2, 0.25) is 0 Å². The second-order valence-electron chi connectivity index (χ2n) is 5.01. The van der Waals surface area contributed by atoms with Crippen molar-refractivity contribution in [2.24, 2.45) is 0 Å². The van der Waals surface area contributed by atoms with Gasteiger partial charge in [0.15, 0.2) is 0 Å². The van der Waals surface area contributed by atoms with Gasteiger partial charge in [-0.1, -0.05) is 5.16 Å². The monoisotopic (exact) mass is 365 g/mol. The molecule has 0 bridgehead atoms. The molecule has 0 spiro atoms. The number of nitrogens with zero attached hydrogens (tertiary/aromatic N) is 1. The van der Waals surface area contributed by atoms with E-state index in [4.69, 9.17) is 9.63 Å². The summed E-state index contributed by atoms with van der Waals surface area (Å²) in [7, 11) is -3.88. The first kappa shape index (κ1) is 18.2. The Morgan fingerprint density at radius 1 is 1.16 bits per heavy atom. The van der Waals surface area contributed by atoms with Crippen LogP contribution in [0, 0.1) is 13.8 Å². The molecule has 1 heterocycles. The Labute approximate surface area is 143 Å². The minimum atomic E-state index is -3.88. The van der Waals surface area contributed by atoms with Gasteiger partial charge in [0.25, 0.3) is 10.0 Å². The number of hydrogen-bond acceptors (Lipinski definition) is 6. The van der Waals surface area contributed by atoms with E-state index >= 15 is 0 Å². The smallest absolute Gasteiger partial charge is 0.328 e. The third-order valence-electron chi connectivity index (χ3n) is 3.19. The molecule has 0 radical (unpaired) electrons. The van der Waals surface area contributed by atoms with Crippen LogP contribution in [0.15, 0.2) is 45.8 Å². The maximum atomic E-state index is 12.3. The summed E-state index contributed by atoms with van der Waals surface area (Å²) in [6, 6.07) is 5.33. The molecule has 0 aliphatic rings. The van der Waals surface area contributed by atoms with Crippen molar-refractivity contribution in [2.75, 3.05) is 10.0 Å². The van der Waals surface area contributed by atoms with Gasteiger partial charge in [0.05, 0.1) is 10.6 Å². The largest absolute Gasteiger partial charge is 0.478 e. The van der Waals surface area contributed by atoms with E-state index in [-0.39, 0.29) is 10.8 Å². The van der Waals surface area contributed by atoms with Crippen LogP contribution in [0.4, 0.5) is 11.6 Å². The van der Waals surface area contributed by atoms with Gasteiger partial charge in [-0.2, -0.15) is 0 Å². The number of aromatic nitrogens is 1. The zero-order valence-corrected chi connectivity index (χ0v) is 14.1. The number of carboxylic acids is 1. The number of nitrogens with one attached hydrogen (secondary N) is 2. The second kappa shape index (κ2) is 7.18. The standard InChI is InChI=1S/C15H15N3O6S/c1-9-10(2)17-24-15(9)18-25(22,23)12-5-3-11(4-6-12)16-13(19)7-8-14(20)21/h3-8,18H,1-2H3,(H,16,19)(H,20,21)/b8-7+. The van der Waals surface area contributed by atoms with Gasteiger partial charge in [-0.15, -0.1) is 0 Å². The van der Waals surface area contributed by atoms with E-state index in [2.05, 4.69) is 15.2 Å². The van der Waals surface area contributed by atoms with Gasteiger partial charge in [-0.05, 0) is 38.1 Å². The molecule has 132 valence electrons. The van der Waals surface area contributed by atoms with E-state index in [0.29, 0.717) is 23.0 Å². The number of hydrogen-bond donors (Lipinski definition) is 3. The van der Waals surface area contributed by atoms with Crippen LogP contribution in [0.25, 0.3) is 0 Å². The van der Waals surface area contributed by atoms with Crippen molar-refractivity contribution in [2.45, 2.75) is 18.7 Å². The molecule has 0 unspecified atom stereocenters. The summed E-state index contributed by atoms with van der Waals surface area (Å²) < 4.78 is 31.8. The van der Waals surface area contributed by atoms with Crippen molar-refractivity contribution in [3.05, 3.63) is 47.7 Å². The number of benzene rings is 1. The van der Waals surface area contributed by atoms with Crippen LogP contribution in [0.5, 0.6) is 0 Å². The maximum absolute atomic E-state index is 12.3. The Hall–Kier alpha value is -3.14. The lowest BCUT2D eigenvalue weighted by Gasteiger charge is -2.07. The molecular formula is C15H15N3O6S. The zero-order valence-electron chi connectivity index (χ0n) is 13.3. The predicted molar refractivity (Wildman–Crippen MR) is 88.6 cm³/mol. The summed E-state index contributed by atoms with van der Waals surface area (Å²) in [6.45, 7) is 3.36. The van der Waals surface area contributed by atoms with Gasteiger partial charge in [0.1, 0.15) is 0 Å². The van der Waals surface area contributed by atoms with E-state index in [9.17, 15) is 18.0 Å². The van der Waals surface area contributed by atoms with Crippen LogP contribution in [-0.4, -0.2) is 30.6 Å². The van der Waals surface area contributed by atoms with Crippen LogP contribution in [0.1, 0.15) is 11.3 Å². The number of aryl methyl sites for hydroxylation is 1. The summed E-state index contributed by atoms with van der Waals surface area (Å²) in [5.41, 5.74) is 1.47. The number of carboxylic acid groups (broad SMARTS) is 1. The molecule has 9 nitrogen and oxygen atoms in total. The van der Waals surface area contributed by atoms with Crippen molar-refractivity contribution in [3.8, 4) is 0 Å². The predicted octanol–water partition coefficient (Wildman–Crippen LogP) is 1.67. The molecule has 1 aromatic carbocycles. The lowest BCUT2D eigenvalue weighted by molar-refractivity contribution is -0.131. The summed E-state index contributed by atoms with van der Waals surface area (Å²) in [5.74, 6) is -1.86. The molecule has 0 saturated heterocycles. The van der Waals surface area contributed by atoms with Crippen molar-refractivity contribution >= 4 is 33.5 Å². The van der Waals surface area contributed by atoms with Crippen LogP contribution >= 0.6 is 0 Å². The Morgan fingerprint density at radius 2 is 1.80 bits per heavy atom. The number of carbonyl (C=O) groups excluding carboxylic acids is 1. The average molecular weight is 365 g/mol. The van der Waals surface area contributed by atoms with Crippen molar-refractivity contribution in [1.29, 1.82) is 0 Å². The number of rotatable bonds is 6. The first-order chi connectivity index (χ1) is 11.7. The molecule has 1 aromatic heterocycles. The molecule has 0 aliphatic carbocycles. The molecular weight excluding hydrogens is 350 g/mol. The molecule has 3 N–H and O–H groups in total. The summed E-state index contributed by atoms with van der Waals surface area (Å²) in [5, 5.41) is 14.5. The van der Waals surface area contributed by atoms with Gasteiger partial charge in [-0.3, -0.25) is 4.79 Å². The minimum absolute atomic E-state index is 0.0358. The quantitative estimate of drug-likeness (QED) is 0.662. The highest BCUT2D eigenvalue weighted by molar-refractivity contribution is 7.92. The Morgan fingerprint density at radius 3 is 2.32 bits per heavy atom. The maximum Gasteiger partial charge on any atom is 0.328 e. The van der Waals surface area contributed by atoms with E-state index in [1.807, 2.05) is 0 Å². The molecule has 0 saturated carbocycles. The van der Waals surface area contributed by atoms with E-state index < -0.39 is 21.9 Å². The molecule has 1 amide bonds. The molecule has 25 heavy (non-hydrogen) atoms. The number of sulfonamides is 1. The topological polar surface area (TPSA) is 139 Å². The Kier molecular flexibility index (Phi) is 5.22. The first-order valence-electron chi connectivity index (χ1n) is 6.97. The van der Waals surface area contributed by atoms with E-state index in [1.165, 1.54) is 24.3 Å². The van der Waals surface area contributed by atoms with Gasteiger partial charge in [0.2, 0.25) is 11.8 Å². The van der Waals surface area contributed by atoms with E-state index in [1.54, 1.807) is 13.8 Å². The second-order valence-corrected chi connectivity index (χ2v) is 6.70. The van der Waals surface area contributed by atoms with Crippen molar-refractivity contribution in [1.82, 2.24) is 5.16 Å². The summed E-state index contributed by atoms with van der Waals surface area (Å²) >= 11 is 0. The Balaban J connectivity index is 2.11. The highest BCUT2D eigenvalue weighted by Gasteiger charge is 2.19. The number of anilines is 2. The highest BCUT2D eigenvalue weighted by atomic mass is 32.2. The third-order valence-corrected chi connectivity index (χ3v) is 4.54. The van der Waals surface area contributed by atoms with Crippen LogP contribution in [-0.2, 0) is 19.6 Å². The van der Waals surface area contributed by atoms with Crippen LogP contribution in [0.3, 0.4) is 0 Å². The van der Waals surface area contributed by atoms with Crippen LogP contribution < -0.4 is 10.0 Å². The third kappa shape index (κ3) is 4.67. The molecule has 2 rings (SSSR count). The Bertz CT molecular complexity index is 929. The molecule has 0 aliphatic heterocycles. The normalized spacial score (nSPS) is 11.4. The molecule has 10 heteroatoms. The number of amides is 1. The summed E-state index contributed by atoms with van der Waals surface area (Å²) in [6.07, 6.45) is 1.54. The van der Waals surface area contributed by atoms with Crippen molar-refractivity contribution < 1.29 is 27.6 Å². The molecule has 0 fully saturated rings. The fourth-order valence-electron chi connectivity index (χ4n) is 1.74. The lowest BCUT2D eigenvalue weighted by atomic mass is 10.3. The van der Waals surface area contributed by atoms with Gasteiger partial charge < -0.3 is 14.9 Å². The SMILES string of the molecule is Cc1noc(NS(=O)(=O)c2ccc(NC(=O)/C=C/C(=O)O)cc2)c1C. The molecule has 0 atom stereocenters. The highest BCUT2D eigenvalue weighted by Crippen LogP contribution is 2.22. The van der Waals surface area contributed by atoms with E-state index in [0.717, 1.165) is 6.08 Å². The van der Waals surface area contributed by atoms with Gasteiger partial charge in [0, 0.05) is 23.4 Å². The fraction of sp³-hybridized carbons (Fsp3) is 0.133. The minimum Gasteiger partial charge on any atom is -0.478 e. The fourth-order valence-corrected chi connectivity index (χ4v) is 2.79. The first-order valence-corrected chi connectivity index (χ1v) is 8.45. The number of aliphatic carboxylic acids is 1. The summed E-state index contributed by atoms with van der Waals surface area (Å²) in [4.78, 5) is 21.8. The number of carbonyl (C=O) groups is 2. The van der Waals surface area contributed by atoms with Gasteiger partial charge >= 0.3 is 5.97 Å². The molecule has 2 aromatic rings. The van der Waals surface area contributed by atoms with Crippen molar-refractivity contribution in [3.63, 3.8) is 0 Å². The zero-order chi connectivity index (χ0) is 18.6. The lowest BCUT2D eigenvalue weighted by Crippen LogP contribution is -2.13.